The third-order valence-corrected chi connectivity index (χ3v) is 4.36. The van der Waals surface area contributed by atoms with Crippen LogP contribution >= 0.6 is 0 Å². The molecule has 5 heteroatoms. The zero-order valence-corrected chi connectivity index (χ0v) is 13.6. The number of ether oxygens (including phenoxy) is 2. The first kappa shape index (κ1) is 16.4. The third-order valence-electron chi connectivity index (χ3n) is 4.36. The van der Waals surface area contributed by atoms with Crippen LogP contribution in [0.1, 0.15) is 25.7 Å². The van der Waals surface area contributed by atoms with Gasteiger partial charge in [0.05, 0.1) is 5.92 Å². The number of carbonyl (C=O) groups is 2. The number of terminal acetylenes is 1. The summed E-state index contributed by atoms with van der Waals surface area (Å²) in [7, 11) is 0. The van der Waals surface area contributed by atoms with E-state index in [9.17, 15) is 9.59 Å². The van der Waals surface area contributed by atoms with Crippen molar-refractivity contribution in [2.24, 2.45) is 11.8 Å². The van der Waals surface area contributed by atoms with Gasteiger partial charge in [0, 0.05) is 19.0 Å². The maximum Gasteiger partial charge on any atom is 0.316 e. The fourth-order valence-corrected chi connectivity index (χ4v) is 2.92. The van der Waals surface area contributed by atoms with Gasteiger partial charge in [-0.1, -0.05) is 18.1 Å². The van der Waals surface area contributed by atoms with Gasteiger partial charge in [-0.15, -0.1) is 6.42 Å². The number of amides is 1. The Morgan fingerprint density at radius 1 is 1.17 bits per heavy atom. The van der Waals surface area contributed by atoms with E-state index in [-0.39, 0.29) is 30.3 Å². The molecule has 24 heavy (non-hydrogen) atoms. The number of piperidine rings is 1. The zero-order chi connectivity index (χ0) is 16.9. The molecule has 0 spiro atoms. The summed E-state index contributed by atoms with van der Waals surface area (Å²) < 4.78 is 10.9. The van der Waals surface area contributed by atoms with E-state index in [0.717, 1.165) is 32.2 Å². The second-order valence-electron chi connectivity index (χ2n) is 6.26. The van der Waals surface area contributed by atoms with Crippen LogP contribution in [0.15, 0.2) is 24.3 Å². The van der Waals surface area contributed by atoms with E-state index >= 15 is 0 Å². The summed E-state index contributed by atoms with van der Waals surface area (Å²) in [4.78, 5) is 26.5. The van der Waals surface area contributed by atoms with Crippen LogP contribution in [0.5, 0.6) is 11.5 Å². The molecular formula is C19H21NO4. The molecule has 1 amide bonds. The standard InChI is InChI=1S/C19H21NO4/c1-2-12-23-16-7-3-4-8-17(16)24-19(22)15-6-5-11-20(13-15)18(21)14-9-10-14/h1,3-4,7-8,14-15H,5-6,9-13H2/t15-/m1/s1. The molecule has 126 valence electrons. The number of hydrogen-bond donors (Lipinski definition) is 0. The molecule has 0 aromatic heterocycles. The fourth-order valence-electron chi connectivity index (χ4n) is 2.92. The number of rotatable bonds is 5. The van der Waals surface area contributed by atoms with Gasteiger partial charge in [0.2, 0.25) is 5.91 Å². The van der Waals surface area contributed by atoms with Crippen molar-refractivity contribution in [3.8, 4) is 23.8 Å². The topological polar surface area (TPSA) is 55.8 Å². The first-order chi connectivity index (χ1) is 11.7. The number of esters is 1. The zero-order valence-electron chi connectivity index (χ0n) is 13.6. The van der Waals surface area contributed by atoms with Gasteiger partial charge in [-0.05, 0) is 37.8 Å². The average Bonchev–Trinajstić information content (AvgIpc) is 3.45. The van der Waals surface area contributed by atoms with Gasteiger partial charge in [0.15, 0.2) is 11.5 Å². The van der Waals surface area contributed by atoms with E-state index in [2.05, 4.69) is 5.92 Å². The molecule has 1 aliphatic heterocycles. The third kappa shape index (κ3) is 3.88. The van der Waals surface area contributed by atoms with Crippen LogP contribution in [-0.2, 0) is 9.59 Å². The van der Waals surface area contributed by atoms with Crippen molar-refractivity contribution < 1.29 is 19.1 Å². The predicted molar refractivity (Wildman–Crippen MR) is 88.4 cm³/mol. The maximum atomic E-state index is 12.5. The Hall–Kier alpha value is -2.48. The average molecular weight is 327 g/mol. The van der Waals surface area contributed by atoms with Crippen molar-refractivity contribution in [1.29, 1.82) is 0 Å². The Balaban J connectivity index is 1.62. The first-order valence-electron chi connectivity index (χ1n) is 8.35. The summed E-state index contributed by atoms with van der Waals surface area (Å²) >= 11 is 0. The molecule has 3 rings (SSSR count). The minimum atomic E-state index is -0.319. The van der Waals surface area contributed by atoms with Gasteiger partial charge in [-0.2, -0.15) is 0 Å². The molecule has 1 saturated heterocycles. The molecule has 0 unspecified atom stereocenters. The van der Waals surface area contributed by atoms with E-state index in [1.165, 1.54) is 0 Å². The monoisotopic (exact) mass is 327 g/mol. The Kier molecular flexibility index (Phi) is 5.05. The number of hydrogen-bond acceptors (Lipinski definition) is 4. The van der Waals surface area contributed by atoms with Gasteiger partial charge in [-0.25, -0.2) is 0 Å². The lowest BCUT2D eigenvalue weighted by atomic mass is 9.98. The molecule has 0 radical (unpaired) electrons. The van der Waals surface area contributed by atoms with Gasteiger partial charge in [0.25, 0.3) is 0 Å². The van der Waals surface area contributed by atoms with Crippen molar-refractivity contribution in [1.82, 2.24) is 4.90 Å². The molecule has 2 aliphatic rings. The van der Waals surface area contributed by atoms with Crippen LogP contribution in [0.3, 0.4) is 0 Å². The van der Waals surface area contributed by atoms with Crippen LogP contribution in [0, 0.1) is 24.2 Å². The second kappa shape index (κ2) is 7.39. The lowest BCUT2D eigenvalue weighted by molar-refractivity contribution is -0.143. The normalized spacial score (nSPS) is 20.1. The van der Waals surface area contributed by atoms with Crippen LogP contribution in [0.2, 0.25) is 0 Å². The summed E-state index contributed by atoms with van der Waals surface area (Å²) in [5.74, 6) is 2.96. The van der Waals surface area contributed by atoms with Crippen LogP contribution in [0.25, 0.3) is 0 Å². The quantitative estimate of drug-likeness (QED) is 0.473. The van der Waals surface area contributed by atoms with E-state index < -0.39 is 0 Å². The highest BCUT2D eigenvalue weighted by atomic mass is 16.6. The highest BCUT2D eigenvalue weighted by molar-refractivity contribution is 5.82. The summed E-state index contributed by atoms with van der Waals surface area (Å²) in [5.41, 5.74) is 0. The summed E-state index contributed by atoms with van der Waals surface area (Å²) in [6.45, 7) is 1.30. The molecule has 0 bridgehead atoms. The van der Waals surface area contributed by atoms with E-state index in [0.29, 0.717) is 18.0 Å². The summed E-state index contributed by atoms with van der Waals surface area (Å²) in [5, 5.41) is 0. The Labute approximate surface area is 141 Å². The molecular weight excluding hydrogens is 306 g/mol. The molecule has 1 aliphatic carbocycles. The Morgan fingerprint density at radius 2 is 1.92 bits per heavy atom. The van der Waals surface area contributed by atoms with Crippen molar-refractivity contribution in [2.75, 3.05) is 19.7 Å². The summed E-state index contributed by atoms with van der Waals surface area (Å²) in [6, 6.07) is 6.96. The molecule has 0 N–H and O–H groups in total. The van der Waals surface area contributed by atoms with E-state index in [4.69, 9.17) is 15.9 Å². The molecule has 5 nitrogen and oxygen atoms in total. The van der Waals surface area contributed by atoms with E-state index in [1.807, 2.05) is 4.90 Å². The van der Waals surface area contributed by atoms with Gasteiger partial charge < -0.3 is 14.4 Å². The van der Waals surface area contributed by atoms with Crippen molar-refractivity contribution >= 4 is 11.9 Å². The molecule has 1 aromatic carbocycles. The van der Waals surface area contributed by atoms with Gasteiger partial charge >= 0.3 is 5.97 Å². The SMILES string of the molecule is C#CCOc1ccccc1OC(=O)[C@@H]1CCCN(C(=O)C2CC2)C1. The smallest absolute Gasteiger partial charge is 0.316 e. The van der Waals surface area contributed by atoms with Crippen LogP contribution in [-0.4, -0.2) is 36.5 Å². The van der Waals surface area contributed by atoms with Gasteiger partial charge in [0.1, 0.15) is 6.61 Å². The van der Waals surface area contributed by atoms with Crippen molar-refractivity contribution in [3.63, 3.8) is 0 Å². The number of benzene rings is 1. The van der Waals surface area contributed by atoms with Crippen molar-refractivity contribution in [2.45, 2.75) is 25.7 Å². The second-order valence-corrected chi connectivity index (χ2v) is 6.26. The number of likely N-dealkylation sites (tertiary alicyclic amines) is 1. The lowest BCUT2D eigenvalue weighted by Crippen LogP contribution is -2.44. The molecule has 2 fully saturated rings. The highest BCUT2D eigenvalue weighted by Crippen LogP contribution is 2.33. The number of carbonyl (C=O) groups excluding carboxylic acids is 2. The largest absolute Gasteiger partial charge is 0.477 e. The molecule has 1 saturated carbocycles. The highest BCUT2D eigenvalue weighted by Gasteiger charge is 2.37. The van der Waals surface area contributed by atoms with Crippen LogP contribution < -0.4 is 9.47 Å². The predicted octanol–water partition coefficient (Wildman–Crippen LogP) is 2.25. The number of nitrogens with zero attached hydrogens (tertiary/aromatic N) is 1. The Bertz CT molecular complexity index is 660. The summed E-state index contributed by atoms with van der Waals surface area (Å²) in [6.07, 6.45) is 8.71. The van der Waals surface area contributed by atoms with E-state index in [1.54, 1.807) is 24.3 Å². The minimum Gasteiger partial charge on any atom is -0.477 e. The van der Waals surface area contributed by atoms with Gasteiger partial charge in [-0.3, -0.25) is 9.59 Å². The van der Waals surface area contributed by atoms with Crippen molar-refractivity contribution in [3.05, 3.63) is 24.3 Å². The van der Waals surface area contributed by atoms with Crippen LogP contribution in [0.4, 0.5) is 0 Å². The molecule has 1 atom stereocenters. The lowest BCUT2D eigenvalue weighted by Gasteiger charge is -2.31. The molecule has 1 aromatic rings. The number of para-hydroxylation sites is 2. The molecule has 1 heterocycles. The maximum absolute atomic E-state index is 12.5. The fraction of sp³-hybridized carbons (Fsp3) is 0.474. The Morgan fingerprint density at radius 3 is 2.62 bits per heavy atom. The first-order valence-corrected chi connectivity index (χ1v) is 8.35. The minimum absolute atomic E-state index is 0.113.